The van der Waals surface area contributed by atoms with E-state index in [4.69, 9.17) is 9.40 Å². The number of fused-ring (bicyclic) bond motifs is 2. The van der Waals surface area contributed by atoms with Gasteiger partial charge in [0.15, 0.2) is 5.58 Å². The first kappa shape index (κ1) is 14.3. The van der Waals surface area contributed by atoms with Gasteiger partial charge < -0.3 is 14.3 Å². The van der Waals surface area contributed by atoms with E-state index >= 15 is 0 Å². The molecule has 1 aliphatic heterocycles. The number of oxazole rings is 1. The van der Waals surface area contributed by atoms with Crippen molar-refractivity contribution in [3.8, 4) is 11.3 Å². The second-order valence-corrected chi connectivity index (χ2v) is 6.23. The molecule has 0 aliphatic carbocycles. The first-order valence-corrected chi connectivity index (χ1v) is 8.47. The fourth-order valence-corrected chi connectivity index (χ4v) is 3.29. The van der Waals surface area contributed by atoms with Crippen molar-refractivity contribution >= 4 is 17.1 Å². The van der Waals surface area contributed by atoms with Crippen molar-refractivity contribution in [3.05, 3.63) is 30.2 Å². The van der Waals surface area contributed by atoms with Crippen molar-refractivity contribution in [1.82, 2.24) is 14.5 Å². The van der Waals surface area contributed by atoms with Crippen LogP contribution in [0.15, 0.2) is 28.8 Å². The molecule has 2 aromatic heterocycles. The topological polar surface area (TPSA) is 55.9 Å². The van der Waals surface area contributed by atoms with Crippen LogP contribution >= 0.6 is 0 Å². The van der Waals surface area contributed by atoms with Gasteiger partial charge in [-0.2, -0.15) is 4.98 Å². The van der Waals surface area contributed by atoms with Crippen LogP contribution in [0.4, 0.5) is 6.01 Å². The van der Waals surface area contributed by atoms with Crippen molar-refractivity contribution in [1.29, 1.82) is 0 Å². The van der Waals surface area contributed by atoms with Gasteiger partial charge in [0, 0.05) is 31.3 Å². The summed E-state index contributed by atoms with van der Waals surface area (Å²) >= 11 is 0. The van der Waals surface area contributed by atoms with Gasteiger partial charge in [-0.05, 0) is 37.5 Å². The predicted octanol–water partition coefficient (Wildman–Crippen LogP) is 4.10. The lowest BCUT2D eigenvalue weighted by molar-refractivity contribution is 0.372. The molecule has 1 N–H and O–H groups in total. The Hall–Kier alpha value is -2.30. The molecule has 0 bridgehead atoms. The fourth-order valence-electron chi connectivity index (χ4n) is 3.29. The molecule has 0 spiro atoms. The van der Waals surface area contributed by atoms with Crippen LogP contribution in [0, 0.1) is 5.92 Å². The predicted molar refractivity (Wildman–Crippen MR) is 91.5 cm³/mol. The van der Waals surface area contributed by atoms with Crippen molar-refractivity contribution in [3.63, 3.8) is 0 Å². The van der Waals surface area contributed by atoms with E-state index < -0.39 is 0 Å². The van der Waals surface area contributed by atoms with Gasteiger partial charge in [0.25, 0.3) is 6.01 Å². The molecule has 4 rings (SSSR count). The van der Waals surface area contributed by atoms with E-state index in [0.29, 0.717) is 6.01 Å². The Morgan fingerprint density at radius 2 is 2.22 bits per heavy atom. The highest BCUT2D eigenvalue weighted by Gasteiger charge is 2.20. The third-order valence-electron chi connectivity index (χ3n) is 4.70. The summed E-state index contributed by atoms with van der Waals surface area (Å²) in [6, 6.07) is 6.68. The van der Waals surface area contributed by atoms with Crippen LogP contribution in [0.5, 0.6) is 0 Å². The van der Waals surface area contributed by atoms with Crippen LogP contribution in [0.25, 0.3) is 22.4 Å². The standard InChI is InChI=1S/C18H22N4O/c1-3-12-7-8-22-11-15(20-17(22)9-12)13-5-6-16-14(10-13)21-18(23-16)19-4-2/h5-6,10-12H,3-4,7-9H2,1-2H3,(H,19,21). The Labute approximate surface area is 135 Å². The summed E-state index contributed by atoms with van der Waals surface area (Å²) in [6.45, 7) is 6.17. The zero-order chi connectivity index (χ0) is 15.8. The molecule has 5 nitrogen and oxygen atoms in total. The number of imidazole rings is 1. The summed E-state index contributed by atoms with van der Waals surface area (Å²) < 4.78 is 7.97. The molecule has 1 aliphatic rings. The van der Waals surface area contributed by atoms with Gasteiger partial charge in [-0.3, -0.25) is 0 Å². The van der Waals surface area contributed by atoms with Gasteiger partial charge in [-0.15, -0.1) is 0 Å². The molecule has 3 aromatic rings. The number of hydrogen-bond acceptors (Lipinski definition) is 4. The van der Waals surface area contributed by atoms with E-state index in [9.17, 15) is 0 Å². The second-order valence-electron chi connectivity index (χ2n) is 6.23. The maximum atomic E-state index is 5.66. The molecular weight excluding hydrogens is 288 g/mol. The summed E-state index contributed by atoms with van der Waals surface area (Å²) in [4.78, 5) is 9.34. The maximum absolute atomic E-state index is 5.66. The highest BCUT2D eigenvalue weighted by molar-refractivity contribution is 5.80. The van der Waals surface area contributed by atoms with E-state index in [2.05, 4.69) is 40.1 Å². The molecule has 0 amide bonds. The summed E-state index contributed by atoms with van der Waals surface area (Å²) in [5.74, 6) is 1.99. The third-order valence-corrected chi connectivity index (χ3v) is 4.70. The molecule has 0 radical (unpaired) electrons. The summed E-state index contributed by atoms with van der Waals surface area (Å²) in [6.07, 6.45) is 5.76. The lowest BCUT2D eigenvalue weighted by Crippen LogP contribution is -2.18. The van der Waals surface area contributed by atoms with Gasteiger partial charge in [0.05, 0.1) is 5.69 Å². The summed E-state index contributed by atoms with van der Waals surface area (Å²) in [5, 5.41) is 3.11. The molecule has 3 heterocycles. The smallest absolute Gasteiger partial charge is 0.295 e. The number of benzene rings is 1. The summed E-state index contributed by atoms with van der Waals surface area (Å²) in [7, 11) is 0. The van der Waals surface area contributed by atoms with E-state index in [0.717, 1.165) is 47.8 Å². The molecule has 1 unspecified atom stereocenters. The summed E-state index contributed by atoms with van der Waals surface area (Å²) in [5.41, 5.74) is 3.81. The molecule has 0 saturated heterocycles. The number of anilines is 1. The highest BCUT2D eigenvalue weighted by atomic mass is 16.4. The van der Waals surface area contributed by atoms with Crippen LogP contribution in [-0.2, 0) is 13.0 Å². The van der Waals surface area contributed by atoms with Crippen LogP contribution in [0.2, 0.25) is 0 Å². The molecule has 1 aromatic carbocycles. The number of aromatic nitrogens is 3. The average Bonchev–Trinajstić information content (AvgIpc) is 3.16. The highest BCUT2D eigenvalue weighted by Crippen LogP contribution is 2.29. The lowest BCUT2D eigenvalue weighted by atomic mass is 9.95. The van der Waals surface area contributed by atoms with Gasteiger partial charge in [-0.25, -0.2) is 4.98 Å². The van der Waals surface area contributed by atoms with Crippen LogP contribution in [-0.4, -0.2) is 21.1 Å². The lowest BCUT2D eigenvalue weighted by Gasteiger charge is -2.21. The van der Waals surface area contributed by atoms with E-state index in [-0.39, 0.29) is 0 Å². The van der Waals surface area contributed by atoms with E-state index in [1.807, 2.05) is 13.0 Å². The molecule has 1 atom stereocenters. The van der Waals surface area contributed by atoms with Crippen molar-refractivity contribution in [2.45, 2.75) is 39.7 Å². The molecule has 0 fully saturated rings. The second kappa shape index (κ2) is 5.72. The minimum Gasteiger partial charge on any atom is -0.424 e. The quantitative estimate of drug-likeness (QED) is 0.788. The first-order chi connectivity index (χ1) is 11.3. The molecule has 0 saturated carbocycles. The van der Waals surface area contributed by atoms with Gasteiger partial charge >= 0.3 is 0 Å². The van der Waals surface area contributed by atoms with Crippen LogP contribution in [0.3, 0.4) is 0 Å². The number of aryl methyl sites for hydroxylation is 1. The van der Waals surface area contributed by atoms with Crippen LogP contribution in [0.1, 0.15) is 32.5 Å². The fraction of sp³-hybridized carbons (Fsp3) is 0.444. The minimum atomic E-state index is 0.578. The van der Waals surface area contributed by atoms with E-state index in [1.165, 1.54) is 18.7 Å². The molecular formula is C18H22N4O. The van der Waals surface area contributed by atoms with Gasteiger partial charge in [0.1, 0.15) is 11.3 Å². The number of hydrogen-bond donors (Lipinski definition) is 1. The zero-order valence-electron chi connectivity index (χ0n) is 13.7. The Balaban J connectivity index is 1.68. The van der Waals surface area contributed by atoms with Crippen LogP contribution < -0.4 is 5.32 Å². The van der Waals surface area contributed by atoms with Crippen molar-refractivity contribution < 1.29 is 4.42 Å². The molecule has 5 heteroatoms. The SMILES string of the molecule is CCNc1nc2cc(-c3cn4c(n3)CC(CC)CC4)ccc2o1. The Kier molecular flexibility index (Phi) is 3.56. The van der Waals surface area contributed by atoms with Gasteiger partial charge in [-0.1, -0.05) is 13.3 Å². The first-order valence-electron chi connectivity index (χ1n) is 8.47. The zero-order valence-corrected chi connectivity index (χ0v) is 13.7. The Bertz CT molecular complexity index is 833. The number of nitrogens with one attached hydrogen (secondary N) is 1. The Morgan fingerprint density at radius 1 is 1.30 bits per heavy atom. The average molecular weight is 310 g/mol. The number of nitrogens with zero attached hydrogens (tertiary/aromatic N) is 3. The maximum Gasteiger partial charge on any atom is 0.295 e. The monoisotopic (exact) mass is 310 g/mol. The normalized spacial score (nSPS) is 17.4. The number of rotatable bonds is 4. The minimum absolute atomic E-state index is 0.578. The van der Waals surface area contributed by atoms with Crippen molar-refractivity contribution in [2.75, 3.05) is 11.9 Å². The largest absolute Gasteiger partial charge is 0.424 e. The Morgan fingerprint density at radius 3 is 3.04 bits per heavy atom. The molecule has 120 valence electrons. The van der Waals surface area contributed by atoms with Crippen molar-refractivity contribution in [2.24, 2.45) is 5.92 Å². The van der Waals surface area contributed by atoms with Gasteiger partial charge in [0.2, 0.25) is 0 Å². The molecule has 23 heavy (non-hydrogen) atoms. The van der Waals surface area contributed by atoms with E-state index in [1.54, 1.807) is 0 Å². The third kappa shape index (κ3) is 2.60.